The predicted molar refractivity (Wildman–Crippen MR) is 139 cm³/mol. The number of hydrogen-bond donors (Lipinski definition) is 1. The van der Waals surface area contributed by atoms with Gasteiger partial charge in [-0.25, -0.2) is 0 Å². The van der Waals surface area contributed by atoms with Gasteiger partial charge in [-0.15, -0.1) is 0 Å². The number of amidine groups is 1. The van der Waals surface area contributed by atoms with Gasteiger partial charge in [0, 0.05) is 11.9 Å². The van der Waals surface area contributed by atoms with Crippen molar-refractivity contribution >= 4 is 39.8 Å². The van der Waals surface area contributed by atoms with E-state index >= 15 is 0 Å². The molecule has 0 saturated carbocycles. The number of ether oxygens (including phenoxy) is 1. The van der Waals surface area contributed by atoms with Crippen LogP contribution in [0.25, 0.3) is 17.0 Å². The topological polar surface area (TPSA) is 71.8 Å². The summed E-state index contributed by atoms with van der Waals surface area (Å²) in [4.78, 5) is 19.9. The first kappa shape index (κ1) is 25.3. The molecule has 5 rings (SSSR count). The van der Waals surface area contributed by atoms with E-state index in [0.29, 0.717) is 22.1 Å². The Kier molecular flexibility index (Phi) is 7.25. The molecule has 0 aliphatic carbocycles. The quantitative estimate of drug-likeness (QED) is 0.447. The largest absolute Gasteiger partial charge is 0.497 e. The molecule has 2 aromatic carbocycles. The highest BCUT2D eigenvalue weighted by Crippen LogP contribution is 2.35. The van der Waals surface area contributed by atoms with Gasteiger partial charge in [0.2, 0.25) is 0 Å². The van der Waals surface area contributed by atoms with E-state index in [-0.39, 0.29) is 23.8 Å². The number of halogens is 3. The Morgan fingerprint density at radius 2 is 2.00 bits per heavy atom. The molecule has 0 bridgehead atoms. The summed E-state index contributed by atoms with van der Waals surface area (Å²) >= 11 is 1.31. The van der Waals surface area contributed by atoms with Gasteiger partial charge in [0.25, 0.3) is 5.91 Å². The fraction of sp³-hybridized carbons (Fsp3) is 0.346. The fourth-order valence-corrected chi connectivity index (χ4v) is 5.37. The maximum Gasteiger partial charge on any atom is 0.416 e. The van der Waals surface area contributed by atoms with Crippen molar-refractivity contribution in [1.29, 1.82) is 0 Å². The Bertz CT molecular complexity index is 1380. The number of thioether (sulfide) groups is 1. The molecule has 0 atom stereocenters. The molecule has 1 N–H and O–H groups in total. The first-order chi connectivity index (χ1) is 17.8. The monoisotopic (exact) mass is 529 g/mol. The summed E-state index contributed by atoms with van der Waals surface area (Å²) in [6.07, 6.45) is 1.34. The Balaban J connectivity index is 1.31. The van der Waals surface area contributed by atoms with Gasteiger partial charge >= 0.3 is 6.18 Å². The molecule has 1 aromatic heterocycles. The fourth-order valence-electron chi connectivity index (χ4n) is 4.52. The molecule has 2 aliphatic rings. The Labute approximate surface area is 216 Å². The van der Waals surface area contributed by atoms with Crippen LogP contribution in [-0.2, 0) is 17.5 Å². The molecule has 2 aliphatic heterocycles. The maximum atomic E-state index is 13.6. The summed E-state index contributed by atoms with van der Waals surface area (Å²) in [6, 6.07) is 9.40. The Morgan fingerprint density at radius 3 is 2.76 bits per heavy atom. The Morgan fingerprint density at radius 1 is 1.19 bits per heavy atom. The van der Waals surface area contributed by atoms with Crippen molar-refractivity contribution in [3.05, 3.63) is 64.2 Å². The van der Waals surface area contributed by atoms with E-state index in [2.05, 4.69) is 20.3 Å². The van der Waals surface area contributed by atoms with Crippen LogP contribution in [0.4, 0.5) is 13.2 Å². The number of alkyl halides is 3. The highest BCUT2D eigenvalue weighted by molar-refractivity contribution is 8.18. The van der Waals surface area contributed by atoms with Gasteiger partial charge in [0.1, 0.15) is 5.75 Å². The number of hydrogen-bond acceptors (Lipinski definition) is 6. The van der Waals surface area contributed by atoms with Gasteiger partial charge in [-0.3, -0.25) is 14.5 Å². The van der Waals surface area contributed by atoms with E-state index in [1.807, 2.05) is 12.1 Å². The molecular formula is C26H26F3N5O2S. The average Bonchev–Trinajstić information content (AvgIpc) is 3.60. The lowest BCUT2D eigenvalue weighted by Crippen LogP contribution is -2.24. The average molecular weight is 530 g/mol. The van der Waals surface area contributed by atoms with Crippen LogP contribution in [0.3, 0.4) is 0 Å². The summed E-state index contributed by atoms with van der Waals surface area (Å²) in [5, 5.41) is 8.49. The van der Waals surface area contributed by atoms with Crippen LogP contribution in [0.1, 0.15) is 29.5 Å². The van der Waals surface area contributed by atoms with Crippen molar-refractivity contribution in [1.82, 2.24) is 20.0 Å². The number of amides is 1. The van der Waals surface area contributed by atoms with Crippen LogP contribution in [-0.4, -0.2) is 59.0 Å². The van der Waals surface area contributed by atoms with Gasteiger partial charge in [-0.1, -0.05) is 12.1 Å². The molecule has 3 aromatic rings. The lowest BCUT2D eigenvalue weighted by molar-refractivity contribution is -0.138. The molecule has 0 radical (unpaired) electrons. The highest BCUT2D eigenvalue weighted by Gasteiger charge is 2.34. The zero-order valence-electron chi connectivity index (χ0n) is 20.2. The minimum atomic E-state index is -4.51. The lowest BCUT2D eigenvalue weighted by atomic mass is 10.1. The molecule has 7 nitrogen and oxygen atoms in total. The van der Waals surface area contributed by atoms with Crippen molar-refractivity contribution in [2.24, 2.45) is 4.99 Å². The third kappa shape index (κ3) is 5.83. The van der Waals surface area contributed by atoms with Gasteiger partial charge in [-0.05, 0) is 79.2 Å². The molecule has 37 heavy (non-hydrogen) atoms. The molecule has 1 amide bonds. The van der Waals surface area contributed by atoms with Crippen LogP contribution >= 0.6 is 11.8 Å². The Hall–Kier alpha value is -3.31. The number of benzene rings is 2. The van der Waals surface area contributed by atoms with E-state index in [0.717, 1.165) is 36.7 Å². The SMILES string of the molecule is COc1ccc(Cn2ncc3cc(C=C4SC(=NCCN5CCCC5)NC4=O)ccc32)c(C(F)(F)F)c1. The number of aromatic nitrogens is 2. The lowest BCUT2D eigenvalue weighted by Gasteiger charge is -2.14. The minimum absolute atomic E-state index is 0.0434. The minimum Gasteiger partial charge on any atom is -0.497 e. The molecule has 11 heteroatoms. The van der Waals surface area contributed by atoms with Crippen molar-refractivity contribution in [2.75, 3.05) is 33.3 Å². The number of carbonyl (C=O) groups excluding carboxylic acids is 1. The molecule has 0 spiro atoms. The van der Waals surface area contributed by atoms with Crippen molar-refractivity contribution in [2.45, 2.75) is 25.6 Å². The van der Waals surface area contributed by atoms with E-state index in [1.54, 1.807) is 18.3 Å². The molecule has 2 saturated heterocycles. The number of nitrogens with one attached hydrogen (secondary N) is 1. The van der Waals surface area contributed by atoms with Crippen molar-refractivity contribution in [3.8, 4) is 5.75 Å². The van der Waals surface area contributed by atoms with E-state index in [1.165, 1.54) is 48.5 Å². The normalized spacial score (nSPS) is 18.9. The van der Waals surface area contributed by atoms with Gasteiger partial charge < -0.3 is 15.0 Å². The van der Waals surface area contributed by atoms with Gasteiger partial charge in [0.05, 0.1) is 42.4 Å². The summed E-state index contributed by atoms with van der Waals surface area (Å²) in [6.45, 7) is 3.71. The molecular weight excluding hydrogens is 503 g/mol. The summed E-state index contributed by atoms with van der Waals surface area (Å²) in [5.41, 5.74) is 0.835. The second-order valence-corrected chi connectivity index (χ2v) is 9.97. The zero-order valence-corrected chi connectivity index (χ0v) is 21.0. The van der Waals surface area contributed by atoms with Gasteiger partial charge in [0.15, 0.2) is 5.17 Å². The number of methoxy groups -OCH3 is 1. The molecule has 2 fully saturated rings. The first-order valence-corrected chi connectivity index (χ1v) is 12.8. The van der Waals surface area contributed by atoms with Crippen LogP contribution in [0, 0.1) is 0 Å². The number of carbonyl (C=O) groups is 1. The third-order valence-corrected chi connectivity index (χ3v) is 7.38. The maximum absolute atomic E-state index is 13.6. The van der Waals surface area contributed by atoms with Crippen molar-refractivity contribution in [3.63, 3.8) is 0 Å². The van der Waals surface area contributed by atoms with E-state index in [4.69, 9.17) is 4.74 Å². The third-order valence-electron chi connectivity index (χ3n) is 6.43. The number of rotatable bonds is 7. The number of aliphatic imine (C=N–C) groups is 1. The predicted octanol–water partition coefficient (Wildman–Crippen LogP) is 4.77. The van der Waals surface area contributed by atoms with Crippen LogP contribution in [0.15, 0.2) is 52.5 Å². The highest BCUT2D eigenvalue weighted by atomic mass is 32.2. The zero-order chi connectivity index (χ0) is 26.0. The standard InChI is InChI=1S/C26H26F3N5O2S/c1-36-20-6-5-18(21(14-20)26(27,28)29)16-34-22-7-4-17(12-19(22)15-31-34)13-23-24(35)32-25(37-23)30-8-11-33-9-2-3-10-33/h4-7,12-15H,2-3,8-11,16H2,1H3,(H,30,32,35). The second-order valence-electron chi connectivity index (χ2n) is 8.94. The first-order valence-electron chi connectivity index (χ1n) is 12.0. The number of nitrogens with zero attached hydrogens (tertiary/aromatic N) is 4. The number of likely N-dealkylation sites (tertiary alicyclic amines) is 1. The smallest absolute Gasteiger partial charge is 0.416 e. The molecule has 194 valence electrons. The van der Waals surface area contributed by atoms with E-state index in [9.17, 15) is 18.0 Å². The van der Waals surface area contributed by atoms with Crippen LogP contribution < -0.4 is 10.1 Å². The summed E-state index contributed by atoms with van der Waals surface area (Å²) < 4.78 is 47.3. The van der Waals surface area contributed by atoms with Crippen LogP contribution in [0.5, 0.6) is 5.75 Å². The van der Waals surface area contributed by atoms with E-state index < -0.39 is 11.7 Å². The second kappa shape index (κ2) is 10.6. The summed E-state index contributed by atoms with van der Waals surface area (Å²) in [5.74, 6) is -0.0485. The summed E-state index contributed by atoms with van der Waals surface area (Å²) in [7, 11) is 1.33. The number of fused-ring (bicyclic) bond motifs is 1. The van der Waals surface area contributed by atoms with Crippen molar-refractivity contribution < 1.29 is 22.7 Å². The molecule has 3 heterocycles. The van der Waals surface area contributed by atoms with Crippen LogP contribution in [0.2, 0.25) is 0 Å². The molecule has 0 unspecified atom stereocenters. The van der Waals surface area contributed by atoms with Gasteiger partial charge in [-0.2, -0.15) is 18.3 Å².